The molecule has 0 saturated carbocycles. The molecule has 1 heterocycles. The summed E-state index contributed by atoms with van der Waals surface area (Å²) in [6, 6.07) is 5.05. The fraction of sp³-hybridized carbons (Fsp3) is 0.533. The molecule has 1 aliphatic heterocycles. The minimum atomic E-state index is -0.325. The monoisotopic (exact) mass is 280 g/mol. The number of thiocarbonyl (C=S) groups is 1. The maximum Gasteiger partial charge on any atom is 0.135 e. The Kier molecular flexibility index (Phi) is 4.09. The van der Waals surface area contributed by atoms with E-state index in [9.17, 15) is 4.39 Å². The Bertz CT molecular complexity index is 479. The molecule has 0 bridgehead atoms. The molecule has 0 atom stereocenters. The maximum atomic E-state index is 13.9. The average molecular weight is 280 g/mol. The first kappa shape index (κ1) is 14.3. The van der Waals surface area contributed by atoms with Gasteiger partial charge in [0.15, 0.2) is 0 Å². The van der Waals surface area contributed by atoms with Gasteiger partial charge in [-0.3, -0.25) is 0 Å². The van der Waals surface area contributed by atoms with Crippen molar-refractivity contribution in [2.45, 2.75) is 33.1 Å². The fourth-order valence-electron chi connectivity index (χ4n) is 2.66. The maximum absolute atomic E-state index is 13.9. The van der Waals surface area contributed by atoms with E-state index in [2.05, 4.69) is 18.7 Å². The molecule has 0 aliphatic carbocycles. The van der Waals surface area contributed by atoms with Gasteiger partial charge < -0.3 is 10.6 Å². The van der Waals surface area contributed by atoms with Crippen LogP contribution in [0.1, 0.15) is 38.7 Å². The average Bonchev–Trinajstić information content (AvgIpc) is 2.39. The molecule has 0 radical (unpaired) electrons. The van der Waals surface area contributed by atoms with Crippen molar-refractivity contribution in [1.82, 2.24) is 0 Å². The number of piperidine rings is 1. The molecule has 2 nitrogen and oxygen atoms in total. The highest BCUT2D eigenvalue weighted by molar-refractivity contribution is 7.80. The smallest absolute Gasteiger partial charge is 0.135 e. The highest BCUT2D eigenvalue weighted by Crippen LogP contribution is 2.36. The third-order valence-corrected chi connectivity index (χ3v) is 4.61. The summed E-state index contributed by atoms with van der Waals surface area (Å²) in [5.74, 6) is -0.325. The van der Waals surface area contributed by atoms with Crippen LogP contribution in [-0.2, 0) is 0 Å². The van der Waals surface area contributed by atoms with Gasteiger partial charge in [-0.25, -0.2) is 4.39 Å². The second kappa shape index (κ2) is 5.45. The number of hydrogen-bond acceptors (Lipinski definition) is 2. The first-order valence-corrected chi connectivity index (χ1v) is 7.21. The van der Waals surface area contributed by atoms with Gasteiger partial charge in [-0.05, 0) is 30.4 Å². The summed E-state index contributed by atoms with van der Waals surface area (Å²) in [4.78, 5) is 2.34. The van der Waals surface area contributed by atoms with E-state index in [0.29, 0.717) is 11.0 Å². The summed E-state index contributed by atoms with van der Waals surface area (Å²) in [6.45, 7) is 6.43. The van der Waals surface area contributed by atoms with Crippen LogP contribution in [0.15, 0.2) is 18.2 Å². The lowest BCUT2D eigenvalue weighted by Crippen LogP contribution is -2.39. The first-order valence-electron chi connectivity index (χ1n) is 6.80. The van der Waals surface area contributed by atoms with Crippen molar-refractivity contribution < 1.29 is 4.39 Å². The molecule has 2 N–H and O–H groups in total. The number of nitrogens with two attached hydrogens (primary N) is 1. The summed E-state index contributed by atoms with van der Waals surface area (Å²) >= 11 is 4.99. The molecule has 0 aromatic heterocycles. The fourth-order valence-corrected chi connectivity index (χ4v) is 2.86. The largest absolute Gasteiger partial charge is 0.389 e. The Morgan fingerprint density at radius 3 is 2.58 bits per heavy atom. The highest BCUT2D eigenvalue weighted by atomic mass is 32.1. The summed E-state index contributed by atoms with van der Waals surface area (Å²) in [5.41, 5.74) is 7.30. The zero-order chi connectivity index (χ0) is 14.0. The van der Waals surface area contributed by atoms with E-state index in [-0.39, 0.29) is 10.8 Å². The minimum Gasteiger partial charge on any atom is -0.389 e. The molecule has 0 unspecified atom stereocenters. The van der Waals surface area contributed by atoms with Crippen LogP contribution in [0.5, 0.6) is 0 Å². The molecule has 4 heteroatoms. The Labute approximate surface area is 119 Å². The van der Waals surface area contributed by atoms with Crippen LogP contribution < -0.4 is 10.6 Å². The molecule has 19 heavy (non-hydrogen) atoms. The second-order valence-electron chi connectivity index (χ2n) is 5.65. The third-order valence-electron chi connectivity index (χ3n) is 4.40. The van der Waals surface area contributed by atoms with Crippen molar-refractivity contribution in [2.75, 3.05) is 18.0 Å². The number of rotatable bonds is 3. The van der Waals surface area contributed by atoms with Gasteiger partial charge in [0.1, 0.15) is 10.8 Å². The molecular weight excluding hydrogens is 259 g/mol. The van der Waals surface area contributed by atoms with E-state index < -0.39 is 0 Å². The van der Waals surface area contributed by atoms with Crippen LogP contribution in [0.2, 0.25) is 0 Å². The van der Waals surface area contributed by atoms with Crippen LogP contribution in [0.4, 0.5) is 10.1 Å². The van der Waals surface area contributed by atoms with Crippen molar-refractivity contribution in [1.29, 1.82) is 0 Å². The molecule has 0 amide bonds. The summed E-state index contributed by atoms with van der Waals surface area (Å²) in [6.07, 6.45) is 3.43. The summed E-state index contributed by atoms with van der Waals surface area (Å²) in [5, 5.41) is 0. The zero-order valence-electron chi connectivity index (χ0n) is 11.6. The third kappa shape index (κ3) is 2.89. The van der Waals surface area contributed by atoms with Crippen molar-refractivity contribution in [3.8, 4) is 0 Å². The zero-order valence-corrected chi connectivity index (χ0v) is 12.4. The highest BCUT2D eigenvalue weighted by Gasteiger charge is 2.29. The lowest BCUT2D eigenvalue weighted by atomic mass is 9.78. The molecule has 1 fully saturated rings. The van der Waals surface area contributed by atoms with Gasteiger partial charge in [-0.1, -0.05) is 38.6 Å². The Morgan fingerprint density at radius 1 is 1.42 bits per heavy atom. The number of halogens is 1. The molecule has 2 rings (SSSR count). The second-order valence-corrected chi connectivity index (χ2v) is 6.09. The lowest BCUT2D eigenvalue weighted by Gasteiger charge is -2.40. The minimum absolute atomic E-state index is 0.136. The van der Waals surface area contributed by atoms with Crippen LogP contribution in [0.3, 0.4) is 0 Å². The van der Waals surface area contributed by atoms with Gasteiger partial charge in [0.25, 0.3) is 0 Å². The van der Waals surface area contributed by atoms with E-state index in [1.165, 1.54) is 12.5 Å². The molecule has 1 aliphatic rings. The Morgan fingerprint density at radius 2 is 2.05 bits per heavy atom. The van der Waals surface area contributed by atoms with Crippen molar-refractivity contribution in [2.24, 2.45) is 11.1 Å². The lowest BCUT2D eigenvalue weighted by molar-refractivity contribution is 0.238. The van der Waals surface area contributed by atoms with Gasteiger partial charge in [0.2, 0.25) is 0 Å². The van der Waals surface area contributed by atoms with Crippen molar-refractivity contribution in [3.05, 3.63) is 29.6 Å². The molecule has 1 saturated heterocycles. The van der Waals surface area contributed by atoms with Crippen LogP contribution in [0.25, 0.3) is 0 Å². The van der Waals surface area contributed by atoms with Crippen molar-refractivity contribution in [3.63, 3.8) is 0 Å². The Hall–Kier alpha value is -1.16. The van der Waals surface area contributed by atoms with Gasteiger partial charge in [-0.2, -0.15) is 0 Å². The van der Waals surface area contributed by atoms with Gasteiger partial charge >= 0.3 is 0 Å². The number of hydrogen-bond donors (Lipinski definition) is 1. The molecule has 104 valence electrons. The summed E-state index contributed by atoms with van der Waals surface area (Å²) < 4.78 is 13.9. The summed E-state index contributed by atoms with van der Waals surface area (Å²) in [7, 11) is 0. The SMILES string of the molecule is CCC1(C)CCN(c2cccc(F)c2C(N)=S)CC1. The Balaban J connectivity index is 2.25. The first-order chi connectivity index (χ1) is 8.97. The standard InChI is InChI=1S/C15H21FN2S/c1-3-15(2)7-9-18(10-8-15)12-6-4-5-11(16)13(12)14(17)19/h4-6H,3,7-10H2,1-2H3,(H2,17,19). The van der Waals surface area contributed by atoms with E-state index in [0.717, 1.165) is 31.6 Å². The topological polar surface area (TPSA) is 29.3 Å². The van der Waals surface area contributed by atoms with E-state index in [1.54, 1.807) is 6.07 Å². The number of anilines is 1. The van der Waals surface area contributed by atoms with E-state index >= 15 is 0 Å². The van der Waals surface area contributed by atoms with Gasteiger partial charge in [0.05, 0.1) is 5.56 Å². The molecule has 1 aromatic carbocycles. The van der Waals surface area contributed by atoms with Crippen LogP contribution in [-0.4, -0.2) is 18.1 Å². The quantitative estimate of drug-likeness (QED) is 0.860. The number of benzene rings is 1. The molecule has 0 spiro atoms. The normalized spacial score (nSPS) is 18.4. The van der Waals surface area contributed by atoms with E-state index in [1.807, 2.05) is 6.07 Å². The molecule has 1 aromatic rings. The predicted molar refractivity (Wildman–Crippen MR) is 82.1 cm³/mol. The van der Waals surface area contributed by atoms with E-state index in [4.69, 9.17) is 18.0 Å². The number of nitrogens with zero attached hydrogens (tertiary/aromatic N) is 1. The van der Waals surface area contributed by atoms with Gasteiger partial charge in [0, 0.05) is 18.8 Å². The molecular formula is C15H21FN2S. The van der Waals surface area contributed by atoms with Crippen LogP contribution >= 0.6 is 12.2 Å². The van der Waals surface area contributed by atoms with Gasteiger partial charge in [-0.15, -0.1) is 0 Å². The van der Waals surface area contributed by atoms with Crippen molar-refractivity contribution >= 4 is 22.9 Å². The predicted octanol–water partition coefficient (Wildman–Crippen LogP) is 3.48. The van der Waals surface area contributed by atoms with Crippen LogP contribution in [0, 0.1) is 11.2 Å².